The minimum Gasteiger partial charge on any atom is -0.493 e. The molecule has 1 aromatic rings. The number of amides is 1. The number of ether oxygens (including phenoxy) is 1. The number of nitrogens with one attached hydrogen (secondary N) is 1. The standard InChI is InChI=1S/C14H20NO7PS/c1-4-20-23(24,21-5-2)22-12-8-10(6-7-11(12)19-3)14(18)15-9-13(16)17/h6-8H,4-5,9H2,1-3H3,(H,15,18)(H,16,17). The Morgan fingerprint density at radius 1 is 1.21 bits per heavy atom. The minimum atomic E-state index is -3.03. The number of methoxy groups -OCH3 is 1. The van der Waals surface area contributed by atoms with Crippen LogP contribution in [0.4, 0.5) is 0 Å². The molecule has 0 atom stereocenters. The van der Waals surface area contributed by atoms with Crippen LogP contribution in [0.15, 0.2) is 18.2 Å². The van der Waals surface area contributed by atoms with Crippen LogP contribution in [0.3, 0.4) is 0 Å². The molecule has 0 aliphatic heterocycles. The maximum Gasteiger partial charge on any atom is 0.380 e. The molecule has 0 fully saturated rings. The van der Waals surface area contributed by atoms with Crippen molar-refractivity contribution in [2.75, 3.05) is 26.9 Å². The highest BCUT2D eigenvalue weighted by Gasteiger charge is 2.24. The van der Waals surface area contributed by atoms with Gasteiger partial charge in [-0.3, -0.25) is 18.6 Å². The molecule has 0 heterocycles. The monoisotopic (exact) mass is 377 g/mol. The highest BCUT2D eigenvalue weighted by atomic mass is 32.5. The van der Waals surface area contributed by atoms with E-state index in [1.165, 1.54) is 25.3 Å². The average Bonchev–Trinajstić information content (AvgIpc) is 2.52. The van der Waals surface area contributed by atoms with Crippen LogP contribution in [0, 0.1) is 0 Å². The van der Waals surface area contributed by atoms with Crippen LogP contribution < -0.4 is 14.6 Å². The molecule has 8 nitrogen and oxygen atoms in total. The molecule has 0 saturated carbocycles. The number of benzene rings is 1. The summed E-state index contributed by atoms with van der Waals surface area (Å²) in [5, 5.41) is 10.9. The van der Waals surface area contributed by atoms with Gasteiger partial charge in [-0.05, 0) is 32.0 Å². The van der Waals surface area contributed by atoms with Crippen LogP contribution in [0.5, 0.6) is 11.5 Å². The lowest BCUT2D eigenvalue weighted by Crippen LogP contribution is -2.29. The summed E-state index contributed by atoms with van der Waals surface area (Å²) in [4.78, 5) is 22.5. The molecular formula is C14H20NO7PS. The number of carboxylic acid groups (broad SMARTS) is 1. The van der Waals surface area contributed by atoms with Gasteiger partial charge in [0.1, 0.15) is 6.54 Å². The third-order valence-electron chi connectivity index (χ3n) is 2.61. The summed E-state index contributed by atoms with van der Waals surface area (Å²) in [6, 6.07) is 4.39. The molecule has 0 unspecified atom stereocenters. The Bertz CT molecular complexity index is 628. The number of rotatable bonds is 10. The molecule has 24 heavy (non-hydrogen) atoms. The largest absolute Gasteiger partial charge is 0.493 e. The van der Waals surface area contributed by atoms with E-state index < -0.39 is 25.1 Å². The molecular weight excluding hydrogens is 357 g/mol. The third-order valence-corrected chi connectivity index (χ3v) is 5.04. The van der Waals surface area contributed by atoms with Crippen LogP contribution in [-0.4, -0.2) is 43.9 Å². The fourth-order valence-corrected chi connectivity index (χ4v) is 3.74. The minimum absolute atomic E-state index is 0.186. The van der Waals surface area contributed by atoms with Gasteiger partial charge < -0.3 is 19.7 Å². The Hall–Kier alpha value is -1.67. The summed E-state index contributed by atoms with van der Waals surface area (Å²) in [7, 11) is 1.44. The fraction of sp³-hybridized carbons (Fsp3) is 0.429. The molecule has 1 rings (SSSR count). The lowest BCUT2D eigenvalue weighted by Gasteiger charge is -2.22. The molecule has 0 bridgehead atoms. The Labute approximate surface area is 145 Å². The quantitative estimate of drug-likeness (QED) is 0.598. The van der Waals surface area contributed by atoms with Gasteiger partial charge in [0.25, 0.3) is 5.91 Å². The first-order chi connectivity index (χ1) is 11.3. The zero-order valence-electron chi connectivity index (χ0n) is 13.6. The zero-order valence-corrected chi connectivity index (χ0v) is 15.3. The number of carbonyl (C=O) groups is 2. The van der Waals surface area contributed by atoms with Crippen molar-refractivity contribution >= 4 is 30.4 Å². The number of hydrogen-bond acceptors (Lipinski definition) is 7. The summed E-state index contributed by atoms with van der Waals surface area (Å²) >= 11 is 5.29. The summed E-state index contributed by atoms with van der Waals surface area (Å²) in [5.74, 6) is -1.17. The second-order valence-corrected chi connectivity index (χ2v) is 7.25. The van der Waals surface area contributed by atoms with E-state index in [4.69, 9.17) is 35.2 Å². The van der Waals surface area contributed by atoms with Gasteiger partial charge in [-0.15, -0.1) is 0 Å². The van der Waals surface area contributed by atoms with Gasteiger partial charge in [0.2, 0.25) is 0 Å². The lowest BCUT2D eigenvalue weighted by atomic mass is 10.2. The van der Waals surface area contributed by atoms with E-state index in [0.717, 1.165) is 0 Å². The van der Waals surface area contributed by atoms with Gasteiger partial charge in [0.05, 0.1) is 20.3 Å². The Balaban J connectivity index is 3.07. The summed E-state index contributed by atoms with van der Waals surface area (Å²) in [6.45, 7) is 0.604. The first kappa shape index (κ1) is 20.4. The second-order valence-electron chi connectivity index (χ2n) is 4.32. The Morgan fingerprint density at radius 2 is 1.83 bits per heavy atom. The topological polar surface area (TPSA) is 103 Å². The van der Waals surface area contributed by atoms with Crippen LogP contribution in [-0.2, 0) is 25.6 Å². The van der Waals surface area contributed by atoms with E-state index in [2.05, 4.69) is 5.32 Å². The van der Waals surface area contributed by atoms with E-state index >= 15 is 0 Å². The van der Waals surface area contributed by atoms with E-state index in [1.54, 1.807) is 13.8 Å². The predicted molar refractivity (Wildman–Crippen MR) is 91.1 cm³/mol. The number of carbonyl (C=O) groups excluding carboxylic acids is 1. The normalized spacial score (nSPS) is 11.0. The van der Waals surface area contributed by atoms with Crippen molar-refractivity contribution in [3.05, 3.63) is 23.8 Å². The average molecular weight is 377 g/mol. The van der Waals surface area contributed by atoms with E-state index in [0.29, 0.717) is 19.0 Å². The molecule has 1 amide bonds. The molecule has 0 saturated heterocycles. The van der Waals surface area contributed by atoms with Gasteiger partial charge >= 0.3 is 12.7 Å². The van der Waals surface area contributed by atoms with Gasteiger partial charge in [-0.25, -0.2) is 0 Å². The first-order valence-electron chi connectivity index (χ1n) is 7.12. The smallest absolute Gasteiger partial charge is 0.380 e. The van der Waals surface area contributed by atoms with Crippen molar-refractivity contribution in [3.8, 4) is 11.5 Å². The molecule has 0 aliphatic carbocycles. The molecule has 0 spiro atoms. The SMILES string of the molecule is CCOP(=S)(OCC)Oc1cc(C(=O)NCC(=O)O)ccc1OC. The number of aliphatic carboxylic acids is 1. The van der Waals surface area contributed by atoms with E-state index in [1.807, 2.05) is 0 Å². The highest BCUT2D eigenvalue weighted by Crippen LogP contribution is 2.51. The molecule has 0 aliphatic rings. The summed E-state index contributed by atoms with van der Waals surface area (Å²) in [5.41, 5.74) is 0.196. The molecule has 0 aromatic heterocycles. The summed E-state index contributed by atoms with van der Waals surface area (Å²) in [6.07, 6.45) is 0. The van der Waals surface area contributed by atoms with Crippen molar-refractivity contribution < 1.29 is 33.0 Å². The van der Waals surface area contributed by atoms with Crippen LogP contribution in [0.2, 0.25) is 0 Å². The van der Waals surface area contributed by atoms with Gasteiger partial charge in [-0.1, -0.05) is 0 Å². The lowest BCUT2D eigenvalue weighted by molar-refractivity contribution is -0.135. The maximum atomic E-state index is 12.0. The zero-order chi connectivity index (χ0) is 18.2. The predicted octanol–water partition coefficient (Wildman–Crippen LogP) is 2.19. The van der Waals surface area contributed by atoms with Crippen LogP contribution >= 0.6 is 6.72 Å². The van der Waals surface area contributed by atoms with Crippen molar-refractivity contribution in [2.45, 2.75) is 13.8 Å². The fourth-order valence-electron chi connectivity index (χ4n) is 1.67. The van der Waals surface area contributed by atoms with E-state index in [9.17, 15) is 9.59 Å². The molecule has 1 aromatic carbocycles. The van der Waals surface area contributed by atoms with Crippen molar-refractivity contribution in [2.24, 2.45) is 0 Å². The molecule has 0 radical (unpaired) electrons. The van der Waals surface area contributed by atoms with Crippen LogP contribution in [0.1, 0.15) is 24.2 Å². The van der Waals surface area contributed by atoms with Gasteiger partial charge in [0.15, 0.2) is 11.5 Å². The maximum absolute atomic E-state index is 12.0. The van der Waals surface area contributed by atoms with E-state index in [-0.39, 0.29) is 11.3 Å². The Morgan fingerprint density at radius 3 is 2.33 bits per heavy atom. The second kappa shape index (κ2) is 9.58. The Kier molecular flexibility index (Phi) is 8.14. The highest BCUT2D eigenvalue weighted by molar-refractivity contribution is 8.07. The number of hydrogen-bond donors (Lipinski definition) is 2. The molecule has 2 N–H and O–H groups in total. The van der Waals surface area contributed by atoms with Gasteiger partial charge in [-0.2, -0.15) is 0 Å². The summed E-state index contributed by atoms with van der Waals surface area (Å²) < 4.78 is 21.7. The van der Waals surface area contributed by atoms with Gasteiger partial charge in [0, 0.05) is 17.4 Å². The third kappa shape index (κ3) is 6.09. The van der Waals surface area contributed by atoms with Crippen molar-refractivity contribution in [1.82, 2.24) is 5.32 Å². The van der Waals surface area contributed by atoms with Crippen molar-refractivity contribution in [1.29, 1.82) is 0 Å². The van der Waals surface area contributed by atoms with Crippen molar-refractivity contribution in [3.63, 3.8) is 0 Å². The van der Waals surface area contributed by atoms with Crippen LogP contribution in [0.25, 0.3) is 0 Å². The molecule has 10 heteroatoms. The first-order valence-corrected chi connectivity index (χ1v) is 9.67. The molecule has 134 valence electrons. The number of carboxylic acids is 1.